The summed E-state index contributed by atoms with van der Waals surface area (Å²) in [5.74, 6) is -1.75. The summed E-state index contributed by atoms with van der Waals surface area (Å²) in [5, 5.41) is 26.9. The normalized spacial score (nSPS) is 34.8. The zero-order chi connectivity index (χ0) is 31.5. The molecule has 238 valence electrons. The average Bonchev–Trinajstić information content (AvgIpc) is 3.31. The van der Waals surface area contributed by atoms with Crippen LogP contribution in [0.25, 0.3) is 6.08 Å². The summed E-state index contributed by atoms with van der Waals surface area (Å²) in [6.07, 6.45) is 1.20. The van der Waals surface area contributed by atoms with E-state index in [2.05, 4.69) is 10.1 Å². The molecule has 0 bridgehead atoms. The summed E-state index contributed by atoms with van der Waals surface area (Å²) in [5.41, 5.74) is 5.11. The molecule has 0 spiro atoms. The van der Waals surface area contributed by atoms with E-state index in [4.69, 9.17) is 15.2 Å². The highest BCUT2D eigenvalue weighted by Crippen LogP contribution is 2.45. The number of aliphatic hydroxyl groups is 2. The first-order chi connectivity index (χ1) is 19.5. The Balaban J connectivity index is 1.80. The van der Waals surface area contributed by atoms with Crippen molar-refractivity contribution in [3.05, 3.63) is 21.7 Å². The first-order valence-electron chi connectivity index (χ1n) is 14.7. The quantitative estimate of drug-likeness (QED) is 0.169. The molecule has 0 aromatic carbocycles. The molecule has 0 aliphatic carbocycles. The molecule has 0 saturated carbocycles. The van der Waals surface area contributed by atoms with Crippen molar-refractivity contribution in [2.45, 2.75) is 110 Å². The van der Waals surface area contributed by atoms with E-state index in [-0.39, 0.29) is 49.1 Å². The number of epoxide rings is 1. The van der Waals surface area contributed by atoms with Gasteiger partial charge in [0.2, 0.25) is 0 Å². The molecular weight excluding hydrogens is 581 g/mol. The van der Waals surface area contributed by atoms with Crippen LogP contribution in [0.1, 0.15) is 84.3 Å². The van der Waals surface area contributed by atoms with E-state index >= 15 is 0 Å². The number of nitrogens with zero attached hydrogens (tertiary/aromatic N) is 1. The number of esters is 1. The minimum absolute atomic E-state index is 0.0283. The number of nitrogens with one attached hydrogen (secondary N) is 1. The molecule has 0 radical (unpaired) electrons. The number of nitrogens with two attached hydrogens (primary N) is 1. The Kier molecular flexibility index (Phi) is 11.7. The predicted octanol–water partition coefficient (Wildman–Crippen LogP) is 3.40. The molecule has 2 aliphatic heterocycles. The smallest absolute Gasteiger partial charge is 0.309 e. The van der Waals surface area contributed by atoms with Gasteiger partial charge in [-0.3, -0.25) is 14.2 Å². The van der Waals surface area contributed by atoms with Gasteiger partial charge in [-0.2, -0.15) is 0 Å². The number of aliphatic hydroxyl groups excluding tert-OH is 2. The van der Waals surface area contributed by atoms with E-state index in [9.17, 15) is 29.3 Å². The van der Waals surface area contributed by atoms with Crippen LogP contribution in [0.5, 0.6) is 0 Å². The van der Waals surface area contributed by atoms with Gasteiger partial charge in [-0.15, -0.1) is 11.3 Å². The number of hydrogen-bond donors (Lipinski definition) is 5. The van der Waals surface area contributed by atoms with Crippen molar-refractivity contribution < 1.29 is 38.7 Å². The largest absolute Gasteiger partial charge is 0.458 e. The number of cyclic esters (lactones) is 1. The fourth-order valence-electron chi connectivity index (χ4n) is 5.54. The third-order valence-corrected chi connectivity index (χ3v) is 11.2. The van der Waals surface area contributed by atoms with Gasteiger partial charge < -0.3 is 30.3 Å². The van der Waals surface area contributed by atoms with E-state index in [0.29, 0.717) is 17.1 Å². The molecule has 2 unspecified atom stereocenters. The number of carbonyl (C=O) groups is 2. The molecule has 2 fully saturated rings. The maximum atomic E-state index is 13.3. The van der Waals surface area contributed by atoms with Gasteiger partial charge in [0.1, 0.15) is 16.9 Å². The molecular formula is C29H48N3O8PS. The second-order valence-electron chi connectivity index (χ2n) is 12.7. The summed E-state index contributed by atoms with van der Waals surface area (Å²) in [7, 11) is -3.53. The van der Waals surface area contributed by atoms with Crippen LogP contribution in [0.4, 0.5) is 0 Å². The van der Waals surface area contributed by atoms with Gasteiger partial charge in [0.15, 0.2) is 0 Å². The van der Waals surface area contributed by atoms with Crippen molar-refractivity contribution in [2.75, 3.05) is 12.7 Å². The molecule has 2 aliphatic rings. The van der Waals surface area contributed by atoms with Crippen LogP contribution in [0.15, 0.2) is 11.0 Å². The fourth-order valence-corrected chi connectivity index (χ4v) is 7.24. The number of rotatable bonds is 7. The lowest BCUT2D eigenvalue weighted by Gasteiger charge is -2.34. The maximum Gasteiger partial charge on any atom is 0.309 e. The van der Waals surface area contributed by atoms with Crippen LogP contribution in [0, 0.1) is 17.3 Å². The Labute approximate surface area is 252 Å². The van der Waals surface area contributed by atoms with Gasteiger partial charge >= 0.3 is 5.97 Å². The van der Waals surface area contributed by atoms with Crippen LogP contribution < -0.4 is 10.8 Å². The third kappa shape index (κ3) is 9.01. The molecule has 3 heterocycles. The summed E-state index contributed by atoms with van der Waals surface area (Å²) >= 11 is 1.34. The highest BCUT2D eigenvalue weighted by Gasteiger charge is 2.53. The first-order valence-corrected chi connectivity index (χ1v) is 17.4. The van der Waals surface area contributed by atoms with Gasteiger partial charge in [-0.05, 0) is 44.3 Å². The highest BCUT2D eigenvalue weighted by molar-refractivity contribution is 7.55. The summed E-state index contributed by atoms with van der Waals surface area (Å²) in [4.78, 5) is 40.8. The van der Waals surface area contributed by atoms with Gasteiger partial charge in [0.05, 0.1) is 54.1 Å². The first kappa shape index (κ1) is 35.0. The van der Waals surface area contributed by atoms with Crippen molar-refractivity contribution in [2.24, 2.45) is 23.0 Å². The molecule has 1 aromatic heterocycles. The molecule has 2 saturated heterocycles. The molecule has 42 heavy (non-hydrogen) atoms. The molecule has 3 rings (SSSR count). The van der Waals surface area contributed by atoms with Gasteiger partial charge in [0, 0.05) is 24.3 Å². The van der Waals surface area contributed by atoms with Crippen LogP contribution in [0.2, 0.25) is 0 Å². The Hall–Kier alpha value is -1.50. The van der Waals surface area contributed by atoms with Crippen LogP contribution in [-0.2, 0) is 30.2 Å². The van der Waals surface area contributed by atoms with E-state index in [0.717, 1.165) is 24.8 Å². The summed E-state index contributed by atoms with van der Waals surface area (Å²) in [6.45, 7) is 10.9. The van der Waals surface area contributed by atoms with Crippen molar-refractivity contribution in [1.82, 2.24) is 10.1 Å². The Bertz CT molecular complexity index is 1190. The predicted molar refractivity (Wildman–Crippen MR) is 162 cm³/mol. The Morgan fingerprint density at radius 3 is 2.64 bits per heavy atom. The average molecular weight is 630 g/mol. The number of thiazole rings is 1. The van der Waals surface area contributed by atoms with Crippen molar-refractivity contribution in [1.29, 1.82) is 0 Å². The van der Waals surface area contributed by atoms with E-state index < -0.39 is 43.1 Å². The van der Waals surface area contributed by atoms with E-state index in [1.807, 2.05) is 32.2 Å². The molecule has 13 heteroatoms. The number of Topliss-reactive ketones (excluding diaryl/α,β-unsaturated/α-hetero) is 1. The topological polar surface area (TPSA) is 185 Å². The van der Waals surface area contributed by atoms with Gasteiger partial charge in [-0.25, -0.2) is 10.1 Å². The molecule has 8 atom stereocenters. The van der Waals surface area contributed by atoms with E-state index in [1.165, 1.54) is 11.3 Å². The lowest BCUT2D eigenvalue weighted by Crippen LogP contribution is -2.45. The lowest BCUT2D eigenvalue weighted by atomic mass is 9.73. The van der Waals surface area contributed by atoms with Crippen molar-refractivity contribution in [3.63, 3.8) is 0 Å². The van der Waals surface area contributed by atoms with Crippen LogP contribution in [-0.4, -0.2) is 74.6 Å². The lowest BCUT2D eigenvalue weighted by molar-refractivity contribution is -0.154. The molecule has 0 amide bonds. The standard InChI is InChI=1S/C29H48N3O8PS/c1-17-8-7-9-29(6)23(40-29)13-21(39-25(34)14-22(33)28(4,5)27(36)19(3)26(17)35)18(2)12-20-16-42-24(32-20)15-31-41(37,38)11-10-30/h12,16-17,19,21-23,26,33,35H,7-11,13-15,30H2,1-6H3,(H2,31,37,38)/b18-12+/t17-,19+,21-,22-,23?,26-,29+/m1/s1. The molecule has 1 aromatic rings. The maximum absolute atomic E-state index is 13.3. The number of carbonyl (C=O) groups excluding carboxylic acids is 2. The monoisotopic (exact) mass is 629 g/mol. The fraction of sp³-hybridized carbons (Fsp3) is 0.759. The second kappa shape index (κ2) is 14.1. The minimum Gasteiger partial charge on any atom is -0.458 e. The summed E-state index contributed by atoms with van der Waals surface area (Å²) in [6, 6.07) is 0. The Morgan fingerprint density at radius 2 is 1.98 bits per heavy atom. The highest BCUT2D eigenvalue weighted by atomic mass is 32.1. The van der Waals surface area contributed by atoms with Gasteiger partial charge in [0.25, 0.3) is 7.52 Å². The molecule has 6 N–H and O–H groups in total. The minimum atomic E-state index is -3.53. The van der Waals surface area contributed by atoms with Crippen molar-refractivity contribution >= 4 is 36.7 Å². The van der Waals surface area contributed by atoms with Gasteiger partial charge in [-0.1, -0.05) is 34.1 Å². The summed E-state index contributed by atoms with van der Waals surface area (Å²) < 4.78 is 24.0. The molecule has 11 nitrogen and oxygen atoms in total. The zero-order valence-electron chi connectivity index (χ0n) is 25.5. The number of ketones is 1. The Morgan fingerprint density at radius 1 is 1.29 bits per heavy atom. The van der Waals surface area contributed by atoms with Crippen molar-refractivity contribution in [3.8, 4) is 0 Å². The third-order valence-electron chi connectivity index (χ3n) is 8.77. The van der Waals surface area contributed by atoms with Crippen LogP contribution >= 0.6 is 18.9 Å². The number of aromatic nitrogens is 1. The number of ether oxygens (including phenoxy) is 2. The SMILES string of the molecule is C/C(=C\c1csc(CNP(=O)(O)CCN)n1)[C@H]1CC2O[C@@]2(C)CCC[C@@H](C)[C@@H](O)[C@H](C)C(=O)C(C)(C)[C@H](O)CC(=O)O1. The van der Waals surface area contributed by atoms with E-state index in [1.54, 1.807) is 20.8 Å². The second-order valence-corrected chi connectivity index (χ2v) is 15.8. The zero-order valence-corrected chi connectivity index (χ0v) is 27.2. The number of fused-ring (bicyclic) bond motifs is 1. The number of hydrogen-bond acceptors (Lipinski definition) is 10. The van der Waals surface area contributed by atoms with Crippen LogP contribution in [0.3, 0.4) is 0 Å².